The summed E-state index contributed by atoms with van der Waals surface area (Å²) in [6.07, 6.45) is 2.95. The summed E-state index contributed by atoms with van der Waals surface area (Å²) in [6.45, 7) is 10.3. The average Bonchev–Trinajstić information content (AvgIpc) is 3.75. The molecule has 1 fully saturated rings. The van der Waals surface area contributed by atoms with Crippen molar-refractivity contribution in [2.75, 3.05) is 6.54 Å². The van der Waals surface area contributed by atoms with E-state index in [1.54, 1.807) is 4.90 Å². The Morgan fingerprint density at radius 1 is 1.05 bits per heavy atom. The number of H-pyrrole nitrogens is 1. The van der Waals surface area contributed by atoms with Crippen LogP contribution in [0.3, 0.4) is 0 Å². The largest absolute Gasteiger partial charge is 0.465 e. The topological polar surface area (TPSA) is 72.4 Å². The Morgan fingerprint density at radius 2 is 1.84 bits per heavy atom. The smallest absolute Gasteiger partial charge is 0.410 e. The van der Waals surface area contributed by atoms with Gasteiger partial charge in [-0.3, -0.25) is 4.90 Å². The van der Waals surface area contributed by atoms with Gasteiger partial charge in [-0.05, 0) is 70.0 Å². The van der Waals surface area contributed by atoms with Gasteiger partial charge in [0, 0.05) is 33.6 Å². The Hall–Kier alpha value is -4.23. The van der Waals surface area contributed by atoms with Crippen molar-refractivity contribution in [3.05, 3.63) is 95.4 Å². The van der Waals surface area contributed by atoms with Gasteiger partial charge in [0.05, 0.1) is 29.1 Å². The van der Waals surface area contributed by atoms with Crippen LogP contribution in [0.15, 0.2) is 79.0 Å². The lowest BCUT2D eigenvalue weighted by molar-refractivity contribution is 0.0218. The van der Waals surface area contributed by atoms with Crippen LogP contribution in [0.1, 0.15) is 71.1 Å². The van der Waals surface area contributed by atoms with Gasteiger partial charge in [-0.1, -0.05) is 61.8 Å². The van der Waals surface area contributed by atoms with E-state index in [0.717, 1.165) is 63.4 Å². The van der Waals surface area contributed by atoms with Crippen LogP contribution in [0.5, 0.6) is 5.75 Å². The Bertz CT molecular complexity index is 1770. The van der Waals surface area contributed by atoms with Gasteiger partial charge in [-0.2, -0.15) is 0 Å². The zero-order valence-electron chi connectivity index (χ0n) is 25.2. The SMILES string of the molecule is CC.CC(C)(C)OC(=O)N1CCCC1c1ncc(-c2ccc3c(c2)OC(c2ccccc2)n2c-3cc3cc(Cl)ccc32)[nH]1. The van der Waals surface area contributed by atoms with Crippen LogP contribution in [0, 0.1) is 0 Å². The molecule has 7 rings (SSSR count). The van der Waals surface area contributed by atoms with E-state index in [0.29, 0.717) is 11.6 Å². The third-order valence-corrected chi connectivity index (χ3v) is 7.95. The molecule has 7 nitrogen and oxygen atoms in total. The predicted molar refractivity (Wildman–Crippen MR) is 171 cm³/mol. The molecule has 0 bridgehead atoms. The van der Waals surface area contributed by atoms with Gasteiger partial charge in [0.15, 0.2) is 0 Å². The number of fused-ring (bicyclic) bond motifs is 5. The van der Waals surface area contributed by atoms with Crippen LogP contribution in [0.4, 0.5) is 4.79 Å². The van der Waals surface area contributed by atoms with E-state index in [4.69, 9.17) is 21.1 Å². The zero-order valence-corrected chi connectivity index (χ0v) is 26.0. The number of imidazole rings is 1. The molecule has 2 unspecified atom stereocenters. The maximum Gasteiger partial charge on any atom is 0.410 e. The Kier molecular flexibility index (Phi) is 7.69. The lowest BCUT2D eigenvalue weighted by atomic mass is 10.0. The van der Waals surface area contributed by atoms with Crippen molar-refractivity contribution in [2.24, 2.45) is 0 Å². The second-order valence-corrected chi connectivity index (χ2v) is 12.1. The number of halogens is 1. The van der Waals surface area contributed by atoms with E-state index in [1.807, 2.05) is 71.1 Å². The van der Waals surface area contributed by atoms with Crippen molar-refractivity contribution < 1.29 is 14.3 Å². The number of ether oxygens (including phenoxy) is 2. The minimum absolute atomic E-state index is 0.141. The van der Waals surface area contributed by atoms with Crippen LogP contribution in [0.2, 0.25) is 5.02 Å². The van der Waals surface area contributed by atoms with Crippen molar-refractivity contribution in [2.45, 2.75) is 65.3 Å². The van der Waals surface area contributed by atoms with Crippen LogP contribution >= 0.6 is 11.6 Å². The average molecular weight is 597 g/mol. The molecule has 43 heavy (non-hydrogen) atoms. The number of carbonyl (C=O) groups is 1. The Balaban J connectivity index is 0.00000161. The molecule has 0 aliphatic carbocycles. The number of hydrogen-bond donors (Lipinski definition) is 1. The molecule has 1 amide bonds. The highest BCUT2D eigenvalue weighted by molar-refractivity contribution is 6.31. The van der Waals surface area contributed by atoms with Crippen LogP contribution in [0.25, 0.3) is 33.4 Å². The quantitative estimate of drug-likeness (QED) is 0.225. The van der Waals surface area contributed by atoms with E-state index >= 15 is 0 Å². The summed E-state index contributed by atoms with van der Waals surface area (Å²) >= 11 is 6.35. The Labute approximate surface area is 257 Å². The summed E-state index contributed by atoms with van der Waals surface area (Å²) in [5.41, 5.74) is 5.51. The highest BCUT2D eigenvalue weighted by Crippen LogP contribution is 2.46. The summed E-state index contributed by atoms with van der Waals surface area (Å²) in [4.78, 5) is 22.8. The van der Waals surface area contributed by atoms with Gasteiger partial charge >= 0.3 is 6.09 Å². The van der Waals surface area contributed by atoms with Gasteiger partial charge in [0.1, 0.15) is 17.2 Å². The summed E-state index contributed by atoms with van der Waals surface area (Å²) in [5, 5.41) is 1.77. The molecule has 2 aliphatic rings. The number of rotatable bonds is 3. The molecule has 1 N–H and O–H groups in total. The molecule has 8 heteroatoms. The number of likely N-dealkylation sites (tertiary alicyclic amines) is 1. The highest BCUT2D eigenvalue weighted by Gasteiger charge is 2.35. The molecule has 0 saturated carbocycles. The highest BCUT2D eigenvalue weighted by atomic mass is 35.5. The van der Waals surface area contributed by atoms with Gasteiger partial charge in [-0.15, -0.1) is 0 Å². The maximum absolute atomic E-state index is 12.8. The minimum Gasteiger partial charge on any atom is -0.465 e. The standard InChI is InChI=1S/C33H31ClN4O3.C2H6/c1-33(2,3)41-32(39)37-15-7-10-27(37)30-35-19-25(36-30)21-11-13-24-28-17-22-16-23(34)12-14-26(22)38(28)31(40-29(24)18-21)20-8-5-4-6-9-20;1-2/h4-6,8-9,11-14,16-19,27,31H,7,10,15H2,1-3H3,(H,35,36);1-2H3. The van der Waals surface area contributed by atoms with Crippen molar-refractivity contribution in [1.82, 2.24) is 19.4 Å². The van der Waals surface area contributed by atoms with E-state index in [-0.39, 0.29) is 18.4 Å². The first-order valence-electron chi connectivity index (χ1n) is 15.0. The predicted octanol–water partition coefficient (Wildman–Crippen LogP) is 9.39. The second-order valence-electron chi connectivity index (χ2n) is 11.7. The first-order chi connectivity index (χ1) is 20.7. The van der Waals surface area contributed by atoms with E-state index in [1.165, 1.54) is 0 Å². The summed E-state index contributed by atoms with van der Waals surface area (Å²) in [6, 6.07) is 24.5. The number of aromatic amines is 1. The van der Waals surface area contributed by atoms with E-state index in [9.17, 15) is 4.79 Å². The first kappa shape index (κ1) is 28.9. The second kappa shape index (κ2) is 11.5. The number of amides is 1. The van der Waals surface area contributed by atoms with Gasteiger partial charge < -0.3 is 19.0 Å². The number of aromatic nitrogens is 3. The normalized spacial score (nSPS) is 17.5. The van der Waals surface area contributed by atoms with Crippen molar-refractivity contribution in [3.8, 4) is 28.3 Å². The van der Waals surface area contributed by atoms with Crippen LogP contribution in [-0.2, 0) is 4.74 Å². The minimum atomic E-state index is -0.544. The third-order valence-electron chi connectivity index (χ3n) is 7.72. The summed E-state index contributed by atoms with van der Waals surface area (Å²) in [5.74, 6) is 1.56. The fourth-order valence-corrected chi connectivity index (χ4v) is 6.10. The molecule has 0 spiro atoms. The number of nitrogens with one attached hydrogen (secondary N) is 1. The molecule has 4 heterocycles. The lowest BCUT2D eigenvalue weighted by Crippen LogP contribution is -2.36. The van der Waals surface area contributed by atoms with Crippen LogP contribution in [-0.4, -0.2) is 37.7 Å². The molecule has 222 valence electrons. The van der Waals surface area contributed by atoms with Gasteiger partial charge in [0.25, 0.3) is 0 Å². The van der Waals surface area contributed by atoms with Crippen LogP contribution < -0.4 is 4.74 Å². The molecule has 1 saturated heterocycles. The monoisotopic (exact) mass is 596 g/mol. The summed E-state index contributed by atoms with van der Waals surface area (Å²) in [7, 11) is 0. The number of benzene rings is 3. The van der Waals surface area contributed by atoms with E-state index in [2.05, 4.69) is 57.0 Å². The molecule has 2 aliphatic heterocycles. The zero-order chi connectivity index (χ0) is 30.3. The van der Waals surface area contributed by atoms with E-state index < -0.39 is 5.60 Å². The lowest BCUT2D eigenvalue weighted by Gasteiger charge is -2.30. The molecule has 2 atom stereocenters. The fourth-order valence-electron chi connectivity index (χ4n) is 5.92. The molecule has 0 radical (unpaired) electrons. The number of nitrogens with zero attached hydrogens (tertiary/aromatic N) is 3. The third kappa shape index (κ3) is 5.50. The number of carbonyl (C=O) groups excluding carboxylic acids is 1. The summed E-state index contributed by atoms with van der Waals surface area (Å²) < 4.78 is 14.6. The first-order valence-corrected chi connectivity index (χ1v) is 15.3. The van der Waals surface area contributed by atoms with Crippen molar-refractivity contribution in [1.29, 1.82) is 0 Å². The maximum atomic E-state index is 12.8. The fraction of sp³-hybridized carbons (Fsp3) is 0.314. The Morgan fingerprint density at radius 3 is 2.60 bits per heavy atom. The molecule has 3 aromatic carbocycles. The molecule has 5 aromatic rings. The molecular weight excluding hydrogens is 560 g/mol. The van der Waals surface area contributed by atoms with Gasteiger partial charge in [-0.25, -0.2) is 9.78 Å². The van der Waals surface area contributed by atoms with Crippen molar-refractivity contribution >= 4 is 28.6 Å². The molecule has 2 aromatic heterocycles. The van der Waals surface area contributed by atoms with Gasteiger partial charge in [0.2, 0.25) is 6.23 Å². The van der Waals surface area contributed by atoms with Crippen molar-refractivity contribution in [3.63, 3.8) is 0 Å². The number of hydrogen-bond acceptors (Lipinski definition) is 4. The molecular formula is C35H37ClN4O3.